The molecule has 4 aromatic carbocycles. The fraction of sp³-hybridized carbons (Fsp3) is 0.200. The van der Waals surface area contributed by atoms with Crippen LogP contribution in [0.3, 0.4) is 0 Å². The van der Waals surface area contributed by atoms with Crippen molar-refractivity contribution in [2.24, 2.45) is 0 Å². The van der Waals surface area contributed by atoms with Crippen LogP contribution < -0.4 is 31.1 Å². The summed E-state index contributed by atoms with van der Waals surface area (Å²) in [5.74, 6) is -0.916. The van der Waals surface area contributed by atoms with Crippen LogP contribution in [0.4, 0.5) is 58.4 Å². The van der Waals surface area contributed by atoms with E-state index in [0.717, 1.165) is 48.6 Å². The number of rotatable bonds is 24. The van der Waals surface area contributed by atoms with E-state index in [1.165, 1.54) is 58.3 Å². The average molecular weight is 1170 g/mol. The number of hydrogen-bond donors (Lipinski definition) is 12. The Hall–Kier alpha value is -3.08. The van der Waals surface area contributed by atoms with Gasteiger partial charge >= 0.3 is 118 Å². The van der Waals surface area contributed by atoms with E-state index in [9.17, 15) is 72.3 Å². The van der Waals surface area contributed by atoms with Crippen LogP contribution in [0.1, 0.15) is 11.1 Å². The van der Waals surface area contributed by atoms with Crippen molar-refractivity contribution in [1.29, 1.82) is 0 Å². The molecule has 392 valence electrons. The Morgan fingerprint density at radius 1 is 0.382 bits per heavy atom. The average Bonchev–Trinajstić information content (AvgIpc) is 3.30. The molecule has 0 unspecified atom stereocenters. The molecule has 6 aromatic rings. The molecule has 0 radical (unpaired) electrons. The van der Waals surface area contributed by atoms with Gasteiger partial charge in [-0.3, -0.25) is 18.2 Å². The molecule has 0 amide bonds. The second-order valence-electron chi connectivity index (χ2n) is 14.7. The van der Waals surface area contributed by atoms with Crippen molar-refractivity contribution in [3.63, 3.8) is 0 Å². The van der Waals surface area contributed by atoms with Crippen molar-refractivity contribution >= 4 is 229 Å². The van der Waals surface area contributed by atoms with Crippen LogP contribution in [-0.2, 0) is 40.5 Å². The van der Waals surface area contributed by atoms with Crippen molar-refractivity contribution in [1.82, 2.24) is 29.9 Å². The zero-order chi connectivity index (χ0) is 52.4. The molecule has 0 fully saturated rings. The van der Waals surface area contributed by atoms with E-state index >= 15 is 0 Å². The molecular formula is C40H48N12Na4O16S4. The Morgan fingerprint density at radius 3 is 0.895 bits per heavy atom. The van der Waals surface area contributed by atoms with Crippen LogP contribution in [0.5, 0.6) is 0 Å². The summed E-state index contributed by atoms with van der Waals surface area (Å²) in [4.78, 5) is 26.4. The van der Waals surface area contributed by atoms with Gasteiger partial charge in [0.05, 0.1) is 36.2 Å². The van der Waals surface area contributed by atoms with Crippen LogP contribution in [0.15, 0.2) is 105 Å². The van der Waals surface area contributed by atoms with Crippen molar-refractivity contribution in [3.8, 4) is 0 Å². The first-order valence-corrected chi connectivity index (χ1v) is 26.3. The summed E-state index contributed by atoms with van der Waals surface area (Å²) >= 11 is 0. The molecule has 0 aliphatic carbocycles. The second-order valence-corrected chi connectivity index (χ2v) is 20.3. The summed E-state index contributed by atoms with van der Waals surface area (Å²) in [7, 11) is -19.1. The quantitative estimate of drug-likeness (QED) is 0.0200. The maximum atomic E-state index is 12.8. The third-order valence-corrected chi connectivity index (χ3v) is 13.2. The van der Waals surface area contributed by atoms with Gasteiger partial charge in [-0.1, -0.05) is 24.3 Å². The molecule has 28 nitrogen and oxygen atoms in total. The van der Waals surface area contributed by atoms with Crippen molar-refractivity contribution in [3.05, 3.63) is 96.1 Å². The number of aliphatic hydroxyl groups excluding tert-OH is 4. The summed E-state index contributed by atoms with van der Waals surface area (Å²) in [5.41, 5.74) is 0.129. The zero-order valence-electron chi connectivity index (χ0n) is 36.9. The Morgan fingerprint density at radius 2 is 0.645 bits per heavy atom. The van der Waals surface area contributed by atoms with E-state index in [1.54, 1.807) is 0 Å². The normalized spacial score (nSPS) is 11.5. The molecule has 2 heterocycles. The first-order chi connectivity index (χ1) is 34.0. The van der Waals surface area contributed by atoms with Gasteiger partial charge in [-0.2, -0.15) is 63.6 Å². The molecule has 0 bridgehead atoms. The number of anilines is 10. The standard InChI is InChI=1S/C40H44N12O16S4.4Na.4H/c53-19-15-51(16-20-54)39-47-35(41-27-7-11-31(12-8-27)69(57,58)59)45-37(49-39)43-29-5-3-25(33(23-29)71(63,64)65)1-2-26-4-6-30(24-34(26)72(66,67)68)44-38-46-36(48-40(50-38)52(17-21-55)18-22-56)42-28-9-13-32(14-10-28)70(60,61)62;;;;;;;;/h1-14,23-24,53-56H,15-22H2,(H,57,58,59)(H,60,61,62)(H,63,64,65)(H,66,67,68)(H2,41,43,45,47,49)(H2,42,44,46,48,50);;;;;;;;. The van der Waals surface area contributed by atoms with E-state index < -0.39 is 60.1 Å². The molecule has 2 aromatic heterocycles. The summed E-state index contributed by atoms with van der Waals surface area (Å²) in [6, 6.07) is 16.8. The predicted molar refractivity (Wildman–Crippen MR) is 288 cm³/mol. The molecule has 0 aliphatic rings. The van der Waals surface area contributed by atoms with Gasteiger partial charge in [-0.15, -0.1) is 0 Å². The van der Waals surface area contributed by atoms with Gasteiger partial charge in [0, 0.05) is 48.9 Å². The topological polar surface area (TPSA) is 430 Å². The molecule has 76 heavy (non-hydrogen) atoms. The Kier molecular flexibility index (Phi) is 27.7. The first-order valence-electron chi connectivity index (χ1n) is 20.6. The number of benzene rings is 4. The third-order valence-electron chi connectivity index (χ3n) is 9.65. The number of aromatic nitrogens is 6. The van der Waals surface area contributed by atoms with Crippen LogP contribution in [0, 0.1) is 0 Å². The van der Waals surface area contributed by atoms with E-state index in [0.29, 0.717) is 0 Å². The fourth-order valence-corrected chi connectivity index (χ4v) is 8.78. The van der Waals surface area contributed by atoms with E-state index in [2.05, 4.69) is 51.2 Å². The van der Waals surface area contributed by atoms with Gasteiger partial charge < -0.3 is 51.5 Å². The molecule has 36 heteroatoms. The molecule has 0 saturated heterocycles. The van der Waals surface area contributed by atoms with Crippen molar-refractivity contribution < 1.29 is 72.3 Å². The van der Waals surface area contributed by atoms with Gasteiger partial charge in [0.1, 0.15) is 9.79 Å². The van der Waals surface area contributed by atoms with Gasteiger partial charge in [-0.25, -0.2) is 0 Å². The first kappa shape index (κ1) is 69.0. The van der Waals surface area contributed by atoms with Gasteiger partial charge in [0.2, 0.25) is 35.7 Å². The van der Waals surface area contributed by atoms with Crippen LogP contribution in [0.2, 0.25) is 0 Å². The number of nitrogens with one attached hydrogen (secondary N) is 4. The molecule has 0 aliphatic heterocycles. The zero-order valence-corrected chi connectivity index (χ0v) is 40.2. The predicted octanol–water partition coefficient (Wildman–Crippen LogP) is -0.824. The summed E-state index contributed by atoms with van der Waals surface area (Å²) in [5, 5.41) is 49.9. The molecule has 12 N–H and O–H groups in total. The second kappa shape index (κ2) is 30.5. The Balaban J connectivity index is 0.00000494. The van der Waals surface area contributed by atoms with Gasteiger partial charge in [-0.05, 0) is 83.9 Å². The fourth-order valence-electron chi connectivity index (χ4n) is 6.41. The maximum absolute atomic E-state index is 12.8. The van der Waals surface area contributed by atoms with E-state index in [-0.39, 0.29) is 240 Å². The summed E-state index contributed by atoms with van der Waals surface area (Å²) in [6.07, 6.45) is 2.27. The van der Waals surface area contributed by atoms with E-state index in [1.807, 2.05) is 0 Å². The molecule has 6 rings (SSSR count). The van der Waals surface area contributed by atoms with Crippen LogP contribution >= 0.6 is 0 Å². The minimum absolute atomic E-state index is 0. The summed E-state index contributed by atoms with van der Waals surface area (Å²) < 4.78 is 137. The van der Waals surface area contributed by atoms with Crippen molar-refractivity contribution in [2.45, 2.75) is 19.6 Å². The SMILES string of the molecule is O=S(=O)(O)c1ccc(Nc2nc(Nc3ccc(C=Cc4ccc(Nc5nc(Nc6ccc(S(=O)(=O)O)cc6)nc(N(CCO)CCO)n5)cc4S(=O)(=O)O)c(S(=O)(=O)O)c3)nc(N(CCO)CCO)n2)cc1.[NaH].[NaH].[NaH].[NaH]. The molecular weight excluding hydrogens is 1120 g/mol. The molecule has 0 spiro atoms. The van der Waals surface area contributed by atoms with Crippen molar-refractivity contribution in [2.75, 3.05) is 83.7 Å². The number of hydrogen-bond acceptors (Lipinski definition) is 24. The molecule has 0 atom stereocenters. The van der Waals surface area contributed by atoms with Crippen LogP contribution in [-0.4, -0.2) is 273 Å². The summed E-state index contributed by atoms with van der Waals surface area (Å²) in [6.45, 7) is -1.69. The minimum atomic E-state index is -5.03. The molecule has 0 saturated carbocycles. The van der Waals surface area contributed by atoms with Gasteiger partial charge in [0.15, 0.2) is 0 Å². The Labute approximate surface area is 524 Å². The van der Waals surface area contributed by atoms with Crippen LogP contribution in [0.25, 0.3) is 12.2 Å². The van der Waals surface area contributed by atoms with E-state index in [4.69, 9.17) is 0 Å². The van der Waals surface area contributed by atoms with Gasteiger partial charge in [0.25, 0.3) is 40.5 Å². The monoisotopic (exact) mass is 1170 g/mol. The third kappa shape index (κ3) is 19.9. The number of nitrogens with zero attached hydrogens (tertiary/aromatic N) is 8. The Bertz CT molecular complexity index is 3180. The number of aliphatic hydroxyl groups is 4.